The molecule has 1 heterocycles. The van der Waals surface area contributed by atoms with Gasteiger partial charge in [-0.05, 0) is 30.0 Å². The predicted molar refractivity (Wildman–Crippen MR) is 97.5 cm³/mol. The van der Waals surface area contributed by atoms with Gasteiger partial charge in [0.1, 0.15) is 13.2 Å². The molecule has 4 nitrogen and oxygen atoms in total. The van der Waals surface area contributed by atoms with Gasteiger partial charge in [-0.1, -0.05) is 58.4 Å². The van der Waals surface area contributed by atoms with Crippen LogP contribution in [0.4, 0.5) is 0 Å². The van der Waals surface area contributed by atoms with E-state index < -0.39 is 6.10 Å². The molecule has 0 fully saturated rings. The molecule has 4 heteroatoms. The molecule has 3 N–H and O–H groups in total. The van der Waals surface area contributed by atoms with Gasteiger partial charge in [0, 0.05) is 6.04 Å². The normalized spacial score (nSPS) is 17.3. The van der Waals surface area contributed by atoms with Gasteiger partial charge in [0.15, 0.2) is 11.5 Å². The van der Waals surface area contributed by atoms with Gasteiger partial charge in [-0.2, -0.15) is 0 Å². The molecule has 1 aliphatic heterocycles. The van der Waals surface area contributed by atoms with Crippen molar-refractivity contribution in [3.63, 3.8) is 0 Å². The van der Waals surface area contributed by atoms with E-state index >= 15 is 0 Å². The molecule has 0 aromatic heterocycles. The molecule has 1 aromatic rings. The number of benzene rings is 1. The second-order valence-corrected chi connectivity index (χ2v) is 6.87. The number of ether oxygens (including phenoxy) is 2. The van der Waals surface area contributed by atoms with Crippen LogP contribution in [0.15, 0.2) is 18.2 Å². The Balaban J connectivity index is 1.89. The molecule has 0 saturated carbocycles. The van der Waals surface area contributed by atoms with Crippen LogP contribution in [0, 0.1) is 5.92 Å². The van der Waals surface area contributed by atoms with Crippen molar-refractivity contribution < 1.29 is 14.6 Å². The molecule has 0 radical (unpaired) electrons. The van der Waals surface area contributed by atoms with E-state index in [-0.39, 0.29) is 6.04 Å². The van der Waals surface area contributed by atoms with Crippen LogP contribution in [-0.4, -0.2) is 24.4 Å². The minimum atomic E-state index is -0.662. The van der Waals surface area contributed by atoms with Crippen LogP contribution in [0.1, 0.15) is 70.5 Å². The number of nitrogens with two attached hydrogens (primary N) is 1. The van der Waals surface area contributed by atoms with Gasteiger partial charge in [-0.15, -0.1) is 0 Å². The number of fused-ring (bicyclic) bond motifs is 1. The summed E-state index contributed by atoms with van der Waals surface area (Å²) < 4.78 is 11.1. The SMILES string of the molecule is CCCCCCC(CC)CC(N)C(O)c1ccc2c(c1)OCCO2. The second kappa shape index (κ2) is 9.90. The van der Waals surface area contributed by atoms with E-state index in [4.69, 9.17) is 15.2 Å². The zero-order chi connectivity index (χ0) is 17.4. The summed E-state index contributed by atoms with van der Waals surface area (Å²) in [4.78, 5) is 0. The van der Waals surface area contributed by atoms with E-state index in [0.717, 1.165) is 24.2 Å². The van der Waals surface area contributed by atoms with Crippen LogP contribution < -0.4 is 15.2 Å². The van der Waals surface area contributed by atoms with Gasteiger partial charge in [0.25, 0.3) is 0 Å². The van der Waals surface area contributed by atoms with Crippen molar-refractivity contribution in [3.8, 4) is 11.5 Å². The van der Waals surface area contributed by atoms with E-state index in [9.17, 15) is 5.11 Å². The summed E-state index contributed by atoms with van der Waals surface area (Å²) in [5.74, 6) is 2.04. The van der Waals surface area contributed by atoms with Gasteiger partial charge in [0.2, 0.25) is 0 Å². The Morgan fingerprint density at radius 2 is 1.83 bits per heavy atom. The zero-order valence-electron chi connectivity index (χ0n) is 15.2. The monoisotopic (exact) mass is 335 g/mol. The van der Waals surface area contributed by atoms with Crippen LogP contribution in [0.3, 0.4) is 0 Å². The Labute approximate surface area is 146 Å². The first-order chi connectivity index (χ1) is 11.7. The first-order valence-corrected chi connectivity index (χ1v) is 9.48. The second-order valence-electron chi connectivity index (χ2n) is 6.87. The Kier molecular flexibility index (Phi) is 7.86. The topological polar surface area (TPSA) is 64.7 Å². The average Bonchev–Trinajstić information content (AvgIpc) is 2.63. The standard InChI is InChI=1S/C20H33NO3/c1-3-5-6-7-8-15(4-2)13-17(21)20(22)16-9-10-18-19(14-16)24-12-11-23-18/h9-10,14-15,17,20,22H,3-8,11-13,21H2,1-2H3. The van der Waals surface area contributed by atoms with Gasteiger partial charge < -0.3 is 20.3 Å². The Morgan fingerprint density at radius 3 is 2.54 bits per heavy atom. The molecule has 0 bridgehead atoms. The molecule has 2 rings (SSSR count). The zero-order valence-corrected chi connectivity index (χ0v) is 15.2. The minimum Gasteiger partial charge on any atom is -0.486 e. The maximum atomic E-state index is 10.6. The van der Waals surface area contributed by atoms with Crippen LogP contribution in [0.2, 0.25) is 0 Å². The van der Waals surface area contributed by atoms with Crippen molar-refractivity contribution in [3.05, 3.63) is 23.8 Å². The van der Waals surface area contributed by atoms with E-state index in [1.54, 1.807) is 0 Å². The molecule has 1 aliphatic rings. The highest BCUT2D eigenvalue weighted by molar-refractivity contribution is 5.44. The molecule has 24 heavy (non-hydrogen) atoms. The minimum absolute atomic E-state index is 0.247. The first-order valence-electron chi connectivity index (χ1n) is 9.48. The van der Waals surface area contributed by atoms with Crippen molar-refractivity contribution in [2.24, 2.45) is 11.7 Å². The Hall–Kier alpha value is -1.26. The highest BCUT2D eigenvalue weighted by Crippen LogP contribution is 2.34. The molecule has 0 saturated heterocycles. The Morgan fingerprint density at radius 1 is 1.08 bits per heavy atom. The third-order valence-corrected chi connectivity index (χ3v) is 4.96. The highest BCUT2D eigenvalue weighted by atomic mass is 16.6. The third kappa shape index (κ3) is 5.38. The molecule has 1 aromatic carbocycles. The van der Waals surface area contributed by atoms with Gasteiger partial charge in [-0.25, -0.2) is 0 Å². The number of hydrogen-bond donors (Lipinski definition) is 2. The molecule has 0 amide bonds. The van der Waals surface area contributed by atoms with E-state index in [0.29, 0.717) is 24.9 Å². The van der Waals surface area contributed by atoms with Gasteiger partial charge in [0.05, 0.1) is 6.10 Å². The summed E-state index contributed by atoms with van der Waals surface area (Å²) in [7, 11) is 0. The molecular weight excluding hydrogens is 302 g/mol. The molecule has 3 unspecified atom stereocenters. The van der Waals surface area contributed by atoms with Gasteiger partial charge in [-0.3, -0.25) is 0 Å². The number of aliphatic hydroxyl groups excluding tert-OH is 1. The average molecular weight is 335 g/mol. The Bertz CT molecular complexity index is 492. The summed E-state index contributed by atoms with van der Waals surface area (Å²) in [6, 6.07) is 5.37. The first kappa shape index (κ1) is 19.1. The molecule has 0 aliphatic carbocycles. The summed E-state index contributed by atoms with van der Waals surface area (Å²) in [5, 5.41) is 10.6. The molecule has 0 spiro atoms. The summed E-state index contributed by atoms with van der Waals surface area (Å²) in [6.07, 6.45) is 7.66. The number of hydrogen-bond acceptors (Lipinski definition) is 4. The van der Waals surface area contributed by atoms with Crippen LogP contribution in [0.5, 0.6) is 11.5 Å². The quantitative estimate of drug-likeness (QED) is 0.629. The summed E-state index contributed by atoms with van der Waals surface area (Å²) in [5.41, 5.74) is 7.12. The van der Waals surface area contributed by atoms with Gasteiger partial charge >= 0.3 is 0 Å². The lowest BCUT2D eigenvalue weighted by molar-refractivity contribution is 0.129. The third-order valence-electron chi connectivity index (χ3n) is 4.96. The summed E-state index contributed by atoms with van der Waals surface area (Å²) >= 11 is 0. The van der Waals surface area contributed by atoms with Crippen molar-refractivity contribution in [2.75, 3.05) is 13.2 Å². The molecule has 3 atom stereocenters. The van der Waals surface area contributed by atoms with Crippen molar-refractivity contribution in [2.45, 2.75) is 70.9 Å². The molecule has 136 valence electrons. The predicted octanol–water partition coefficient (Wildman–Crippen LogP) is 4.21. The fourth-order valence-corrected chi connectivity index (χ4v) is 3.35. The van der Waals surface area contributed by atoms with Crippen LogP contribution >= 0.6 is 0 Å². The number of aliphatic hydroxyl groups is 1. The van der Waals surface area contributed by atoms with Crippen molar-refractivity contribution in [1.82, 2.24) is 0 Å². The number of unbranched alkanes of at least 4 members (excludes halogenated alkanes) is 3. The van der Waals surface area contributed by atoms with Crippen LogP contribution in [0.25, 0.3) is 0 Å². The largest absolute Gasteiger partial charge is 0.486 e. The van der Waals surface area contributed by atoms with Crippen LogP contribution in [-0.2, 0) is 0 Å². The van der Waals surface area contributed by atoms with E-state index in [2.05, 4.69) is 13.8 Å². The lowest BCUT2D eigenvalue weighted by Gasteiger charge is -2.25. The number of rotatable bonds is 10. The summed E-state index contributed by atoms with van der Waals surface area (Å²) in [6.45, 7) is 5.57. The lowest BCUT2D eigenvalue weighted by Crippen LogP contribution is -2.31. The smallest absolute Gasteiger partial charge is 0.161 e. The fourth-order valence-electron chi connectivity index (χ4n) is 3.35. The highest BCUT2D eigenvalue weighted by Gasteiger charge is 2.22. The van der Waals surface area contributed by atoms with Crippen molar-refractivity contribution >= 4 is 0 Å². The fraction of sp³-hybridized carbons (Fsp3) is 0.700. The van der Waals surface area contributed by atoms with E-state index in [1.807, 2.05) is 18.2 Å². The maximum Gasteiger partial charge on any atom is 0.161 e. The maximum absolute atomic E-state index is 10.6. The molecular formula is C20H33NO3. The lowest BCUT2D eigenvalue weighted by atomic mass is 9.88. The van der Waals surface area contributed by atoms with Crippen molar-refractivity contribution in [1.29, 1.82) is 0 Å². The van der Waals surface area contributed by atoms with E-state index in [1.165, 1.54) is 32.1 Å².